The van der Waals surface area contributed by atoms with Gasteiger partial charge in [-0.2, -0.15) is 10.2 Å². The van der Waals surface area contributed by atoms with E-state index in [0.29, 0.717) is 5.71 Å². The summed E-state index contributed by atoms with van der Waals surface area (Å²) in [5, 5.41) is 28.2. The maximum Gasteiger partial charge on any atom is 0.131 e. The highest BCUT2D eigenvalue weighted by molar-refractivity contribution is 6.33. The number of para-hydroxylation sites is 2. The van der Waals surface area contributed by atoms with Gasteiger partial charge in [-0.05, 0) is 24.3 Å². The predicted molar refractivity (Wildman–Crippen MR) is 97.8 cm³/mol. The molecule has 0 bridgehead atoms. The molecule has 3 rings (SSSR count). The van der Waals surface area contributed by atoms with Crippen LogP contribution < -0.4 is 10.9 Å². The van der Waals surface area contributed by atoms with Gasteiger partial charge in [0.05, 0.1) is 24.2 Å². The number of nitrogens with zero attached hydrogens (tertiary/aromatic N) is 2. The maximum atomic E-state index is 10.1. The van der Waals surface area contributed by atoms with Crippen LogP contribution in [0.3, 0.4) is 0 Å². The Bertz CT molecular complexity index is 722. The fourth-order valence-electron chi connectivity index (χ4n) is 2.35. The zero-order chi connectivity index (χ0) is 17.5. The number of nitrogens with one attached hydrogen (secondary N) is 2. The molecule has 0 saturated carbocycles. The number of aliphatic hydroxyl groups is 2. The summed E-state index contributed by atoms with van der Waals surface area (Å²) in [6, 6.07) is 18.8. The molecule has 1 aliphatic rings. The Balaban J connectivity index is 1.74. The van der Waals surface area contributed by atoms with Crippen LogP contribution in [-0.2, 0) is 4.74 Å². The zero-order valence-electron chi connectivity index (χ0n) is 13.5. The normalized spacial score (nSPS) is 23.8. The molecule has 1 fully saturated rings. The van der Waals surface area contributed by atoms with E-state index in [1.807, 2.05) is 60.7 Å². The van der Waals surface area contributed by atoms with Gasteiger partial charge in [-0.15, -0.1) is 0 Å². The summed E-state index contributed by atoms with van der Waals surface area (Å²) in [6.45, 7) is 0.0517. The number of rotatable bonds is 6. The summed E-state index contributed by atoms with van der Waals surface area (Å²) in [6.07, 6.45) is -1.29. The van der Waals surface area contributed by atoms with Crippen LogP contribution in [0.2, 0.25) is 0 Å². The van der Waals surface area contributed by atoms with E-state index >= 15 is 0 Å². The van der Waals surface area contributed by atoms with E-state index in [1.165, 1.54) is 6.21 Å². The lowest BCUT2D eigenvalue weighted by Gasteiger charge is -2.15. The minimum Gasteiger partial charge on any atom is -0.388 e. The molecular formula is C18H20N4O3. The number of benzene rings is 2. The highest BCUT2D eigenvalue weighted by Gasteiger charge is 2.37. The van der Waals surface area contributed by atoms with Crippen LogP contribution >= 0.6 is 0 Å². The summed E-state index contributed by atoms with van der Waals surface area (Å²) < 4.78 is 5.44. The summed E-state index contributed by atoms with van der Waals surface area (Å²) in [4.78, 5) is 0. The van der Waals surface area contributed by atoms with Gasteiger partial charge in [-0.3, -0.25) is 10.9 Å². The molecule has 3 unspecified atom stereocenters. The molecule has 1 aliphatic heterocycles. The highest BCUT2D eigenvalue weighted by atomic mass is 16.5. The minimum absolute atomic E-state index is 0.0517. The van der Waals surface area contributed by atoms with Crippen LogP contribution in [0.1, 0.15) is 0 Å². The highest BCUT2D eigenvalue weighted by Crippen LogP contribution is 2.16. The molecule has 25 heavy (non-hydrogen) atoms. The number of aliphatic hydroxyl groups excluding tert-OH is 2. The van der Waals surface area contributed by atoms with Crippen molar-refractivity contribution in [2.24, 2.45) is 10.2 Å². The predicted octanol–water partition coefficient (Wildman–Crippen LogP) is 1.67. The second kappa shape index (κ2) is 8.39. The molecule has 7 heteroatoms. The SMILES string of the molecule is OC1COC(C(/C=N/Nc2ccccc2)=N\Nc2ccccc2)C1O. The molecule has 1 saturated heterocycles. The van der Waals surface area contributed by atoms with E-state index < -0.39 is 18.3 Å². The van der Waals surface area contributed by atoms with E-state index in [9.17, 15) is 10.2 Å². The van der Waals surface area contributed by atoms with Crippen molar-refractivity contribution in [3.05, 3.63) is 60.7 Å². The third-order valence-corrected chi connectivity index (χ3v) is 3.69. The van der Waals surface area contributed by atoms with Crippen LogP contribution in [0, 0.1) is 0 Å². The van der Waals surface area contributed by atoms with Crippen molar-refractivity contribution in [2.75, 3.05) is 17.5 Å². The van der Waals surface area contributed by atoms with Crippen LogP contribution in [0.25, 0.3) is 0 Å². The molecule has 0 aliphatic carbocycles. The number of hydrogen-bond donors (Lipinski definition) is 4. The molecule has 0 aromatic heterocycles. The van der Waals surface area contributed by atoms with Crippen molar-refractivity contribution >= 4 is 23.3 Å². The second-order valence-corrected chi connectivity index (χ2v) is 5.56. The van der Waals surface area contributed by atoms with Crippen molar-refractivity contribution in [1.82, 2.24) is 0 Å². The average Bonchev–Trinajstić information content (AvgIpc) is 2.99. The summed E-state index contributed by atoms with van der Waals surface area (Å²) >= 11 is 0. The average molecular weight is 340 g/mol. The lowest BCUT2D eigenvalue weighted by molar-refractivity contribution is 0.0476. The van der Waals surface area contributed by atoms with E-state index in [0.717, 1.165) is 11.4 Å². The Kier molecular flexibility index (Phi) is 5.73. The molecular weight excluding hydrogens is 320 g/mol. The molecule has 0 radical (unpaired) electrons. The van der Waals surface area contributed by atoms with Crippen LogP contribution in [0.15, 0.2) is 70.9 Å². The number of anilines is 2. The minimum atomic E-state index is -1.06. The Morgan fingerprint density at radius 3 is 2.12 bits per heavy atom. The summed E-state index contributed by atoms with van der Waals surface area (Å²) in [7, 11) is 0. The first-order valence-electron chi connectivity index (χ1n) is 7.94. The first-order chi connectivity index (χ1) is 12.2. The van der Waals surface area contributed by atoms with Gasteiger partial charge in [0.15, 0.2) is 0 Å². The van der Waals surface area contributed by atoms with Crippen molar-refractivity contribution in [2.45, 2.75) is 18.3 Å². The zero-order valence-corrected chi connectivity index (χ0v) is 13.5. The number of hydrogen-bond acceptors (Lipinski definition) is 7. The third kappa shape index (κ3) is 4.63. The molecule has 2 aromatic rings. The molecule has 0 spiro atoms. The largest absolute Gasteiger partial charge is 0.388 e. The molecule has 7 nitrogen and oxygen atoms in total. The molecule has 3 atom stereocenters. The first kappa shape index (κ1) is 17.1. The van der Waals surface area contributed by atoms with Crippen LogP contribution in [0.5, 0.6) is 0 Å². The standard InChI is InChI=1S/C18H20N4O3/c23-16-12-25-18(17(16)24)15(22-21-14-9-5-2-6-10-14)11-19-20-13-7-3-1-4-8-13/h1-11,16-18,20-21,23-24H,12H2/b19-11+,22-15-. The number of hydrazone groups is 2. The Labute approximate surface area is 145 Å². The van der Waals surface area contributed by atoms with Gasteiger partial charge in [0.1, 0.15) is 24.0 Å². The van der Waals surface area contributed by atoms with Gasteiger partial charge in [0.2, 0.25) is 0 Å². The Morgan fingerprint density at radius 2 is 1.56 bits per heavy atom. The number of ether oxygens (including phenoxy) is 1. The van der Waals surface area contributed by atoms with E-state index in [1.54, 1.807) is 0 Å². The molecule has 2 aromatic carbocycles. The molecule has 1 heterocycles. The third-order valence-electron chi connectivity index (χ3n) is 3.69. The lowest BCUT2D eigenvalue weighted by Crippen LogP contribution is -2.37. The smallest absolute Gasteiger partial charge is 0.131 e. The Hall–Kier alpha value is -2.74. The fourth-order valence-corrected chi connectivity index (χ4v) is 2.35. The van der Waals surface area contributed by atoms with E-state index in [-0.39, 0.29) is 6.61 Å². The van der Waals surface area contributed by atoms with Crippen LogP contribution in [0.4, 0.5) is 11.4 Å². The Morgan fingerprint density at radius 1 is 0.960 bits per heavy atom. The topological polar surface area (TPSA) is 98.5 Å². The molecule has 4 N–H and O–H groups in total. The van der Waals surface area contributed by atoms with Crippen LogP contribution in [-0.4, -0.2) is 47.1 Å². The van der Waals surface area contributed by atoms with Gasteiger partial charge in [0, 0.05) is 0 Å². The maximum absolute atomic E-state index is 10.1. The van der Waals surface area contributed by atoms with E-state index in [2.05, 4.69) is 21.1 Å². The van der Waals surface area contributed by atoms with Gasteiger partial charge < -0.3 is 14.9 Å². The molecule has 0 amide bonds. The first-order valence-corrected chi connectivity index (χ1v) is 7.94. The summed E-state index contributed by atoms with van der Waals surface area (Å²) in [5.74, 6) is 0. The second-order valence-electron chi connectivity index (χ2n) is 5.56. The monoisotopic (exact) mass is 340 g/mol. The van der Waals surface area contributed by atoms with Crippen molar-refractivity contribution < 1.29 is 14.9 Å². The van der Waals surface area contributed by atoms with Gasteiger partial charge in [-0.1, -0.05) is 36.4 Å². The summed E-state index contributed by atoms with van der Waals surface area (Å²) in [5.41, 5.74) is 7.77. The van der Waals surface area contributed by atoms with Crippen molar-refractivity contribution in [3.63, 3.8) is 0 Å². The van der Waals surface area contributed by atoms with Crippen molar-refractivity contribution in [3.8, 4) is 0 Å². The van der Waals surface area contributed by atoms with Crippen molar-refractivity contribution in [1.29, 1.82) is 0 Å². The van der Waals surface area contributed by atoms with Gasteiger partial charge >= 0.3 is 0 Å². The quantitative estimate of drug-likeness (QED) is 0.474. The lowest BCUT2D eigenvalue weighted by atomic mass is 10.1. The van der Waals surface area contributed by atoms with E-state index in [4.69, 9.17) is 4.74 Å². The molecule has 130 valence electrons. The van der Waals surface area contributed by atoms with Gasteiger partial charge in [0.25, 0.3) is 0 Å². The van der Waals surface area contributed by atoms with Gasteiger partial charge in [-0.25, -0.2) is 0 Å². The fraction of sp³-hybridized carbons (Fsp3) is 0.222.